The van der Waals surface area contributed by atoms with Crippen LogP contribution in [0, 0.1) is 12.8 Å². The van der Waals surface area contributed by atoms with Gasteiger partial charge in [0, 0.05) is 33.1 Å². The van der Waals surface area contributed by atoms with Crippen molar-refractivity contribution in [3.05, 3.63) is 23.7 Å². The molecule has 0 saturated carbocycles. The van der Waals surface area contributed by atoms with Gasteiger partial charge in [0.1, 0.15) is 11.5 Å². The van der Waals surface area contributed by atoms with Crippen LogP contribution >= 0.6 is 0 Å². The number of likely N-dealkylation sites (N-methyl/N-ethyl adjacent to an activating group) is 1. The zero-order valence-corrected chi connectivity index (χ0v) is 9.82. The van der Waals surface area contributed by atoms with Crippen LogP contribution in [0.15, 0.2) is 16.5 Å². The molecule has 1 saturated heterocycles. The number of furan rings is 1. The fraction of sp³-hybridized carbons (Fsp3) is 0.583. The third kappa shape index (κ3) is 2.44. The van der Waals surface area contributed by atoms with Gasteiger partial charge >= 0.3 is 0 Å². The number of rotatable bonds is 4. The first-order valence-electron chi connectivity index (χ1n) is 5.68. The minimum absolute atomic E-state index is 0.184. The van der Waals surface area contributed by atoms with Crippen molar-refractivity contribution in [2.24, 2.45) is 5.92 Å². The fourth-order valence-electron chi connectivity index (χ4n) is 1.78. The molecule has 1 fully saturated rings. The summed E-state index contributed by atoms with van der Waals surface area (Å²) in [6.45, 7) is 4.30. The van der Waals surface area contributed by atoms with Gasteiger partial charge in [-0.3, -0.25) is 4.79 Å². The van der Waals surface area contributed by atoms with Crippen LogP contribution in [-0.2, 0) is 11.2 Å². The number of aryl methyl sites for hydroxylation is 1. The second-order valence-electron chi connectivity index (χ2n) is 4.38. The van der Waals surface area contributed by atoms with Gasteiger partial charge in [0.15, 0.2) is 0 Å². The van der Waals surface area contributed by atoms with Gasteiger partial charge in [0.05, 0.1) is 5.92 Å². The summed E-state index contributed by atoms with van der Waals surface area (Å²) in [5.41, 5.74) is 0. The Kier molecular flexibility index (Phi) is 3.29. The predicted molar refractivity (Wildman–Crippen MR) is 61.1 cm³/mol. The van der Waals surface area contributed by atoms with E-state index in [0.717, 1.165) is 37.6 Å². The maximum absolute atomic E-state index is 11.8. The Hall–Kier alpha value is -1.29. The molecule has 0 unspecified atom stereocenters. The first-order chi connectivity index (χ1) is 7.66. The highest BCUT2D eigenvalue weighted by molar-refractivity contribution is 5.79. The Labute approximate surface area is 95.6 Å². The van der Waals surface area contributed by atoms with Crippen LogP contribution < -0.4 is 5.32 Å². The topological polar surface area (TPSA) is 45.5 Å². The monoisotopic (exact) mass is 222 g/mol. The first kappa shape index (κ1) is 11.2. The zero-order valence-electron chi connectivity index (χ0n) is 9.82. The molecule has 0 spiro atoms. The van der Waals surface area contributed by atoms with Crippen molar-refractivity contribution in [1.82, 2.24) is 10.2 Å². The third-order valence-corrected chi connectivity index (χ3v) is 3.00. The van der Waals surface area contributed by atoms with Gasteiger partial charge < -0.3 is 14.6 Å². The summed E-state index contributed by atoms with van der Waals surface area (Å²) in [4.78, 5) is 13.6. The lowest BCUT2D eigenvalue weighted by atomic mass is 10.0. The van der Waals surface area contributed by atoms with Gasteiger partial charge in [-0.05, 0) is 19.1 Å². The molecule has 0 bridgehead atoms. The Morgan fingerprint density at radius 1 is 1.56 bits per heavy atom. The van der Waals surface area contributed by atoms with Crippen LogP contribution in [0.5, 0.6) is 0 Å². The normalized spacial score (nSPS) is 15.9. The summed E-state index contributed by atoms with van der Waals surface area (Å²) in [7, 11) is 1.86. The molecule has 88 valence electrons. The van der Waals surface area contributed by atoms with Crippen LogP contribution in [0.25, 0.3) is 0 Å². The van der Waals surface area contributed by atoms with Gasteiger partial charge in [-0.15, -0.1) is 0 Å². The molecule has 2 rings (SSSR count). The minimum atomic E-state index is 0.184. The molecule has 1 aromatic rings. The number of nitrogens with one attached hydrogen (secondary N) is 1. The molecule has 1 aliphatic rings. The van der Waals surface area contributed by atoms with Crippen LogP contribution in [-0.4, -0.2) is 37.5 Å². The number of carbonyl (C=O) groups excluding carboxylic acids is 1. The summed E-state index contributed by atoms with van der Waals surface area (Å²) in [6.07, 6.45) is 0.788. The molecule has 0 aromatic carbocycles. The molecule has 1 aromatic heterocycles. The SMILES string of the molecule is Cc1ccc(CCN(C)C(=O)C2CNC2)o1. The third-order valence-electron chi connectivity index (χ3n) is 3.00. The molecule has 4 heteroatoms. The lowest BCUT2D eigenvalue weighted by molar-refractivity contribution is -0.135. The molecular formula is C12H18N2O2. The van der Waals surface area contributed by atoms with Crippen molar-refractivity contribution in [3.8, 4) is 0 Å². The van der Waals surface area contributed by atoms with E-state index in [2.05, 4.69) is 5.32 Å². The van der Waals surface area contributed by atoms with Crippen molar-refractivity contribution >= 4 is 5.91 Å². The lowest BCUT2D eigenvalue weighted by Crippen LogP contribution is -2.51. The smallest absolute Gasteiger partial charge is 0.228 e. The number of hydrogen-bond donors (Lipinski definition) is 1. The van der Waals surface area contributed by atoms with E-state index in [1.54, 1.807) is 4.90 Å². The number of amides is 1. The molecule has 0 radical (unpaired) electrons. The van der Waals surface area contributed by atoms with E-state index in [9.17, 15) is 4.79 Å². The van der Waals surface area contributed by atoms with Gasteiger partial charge in [0.2, 0.25) is 5.91 Å². The maximum Gasteiger partial charge on any atom is 0.228 e. The lowest BCUT2D eigenvalue weighted by Gasteiger charge is -2.30. The van der Waals surface area contributed by atoms with E-state index >= 15 is 0 Å². The van der Waals surface area contributed by atoms with E-state index in [0.29, 0.717) is 0 Å². The molecule has 1 N–H and O–H groups in total. The van der Waals surface area contributed by atoms with Gasteiger partial charge in [0.25, 0.3) is 0 Å². The molecule has 0 aliphatic carbocycles. The second kappa shape index (κ2) is 4.70. The molecule has 1 aliphatic heterocycles. The maximum atomic E-state index is 11.8. The zero-order chi connectivity index (χ0) is 11.5. The largest absolute Gasteiger partial charge is 0.466 e. The average Bonchev–Trinajstić information content (AvgIpc) is 2.58. The number of nitrogens with zero attached hydrogens (tertiary/aromatic N) is 1. The van der Waals surface area contributed by atoms with E-state index in [1.165, 1.54) is 0 Å². The molecule has 16 heavy (non-hydrogen) atoms. The summed E-state index contributed by atoms with van der Waals surface area (Å²) in [6, 6.07) is 3.92. The summed E-state index contributed by atoms with van der Waals surface area (Å²) < 4.78 is 5.46. The van der Waals surface area contributed by atoms with Crippen LogP contribution in [0.4, 0.5) is 0 Å². The van der Waals surface area contributed by atoms with E-state index in [4.69, 9.17) is 4.42 Å². The highest BCUT2D eigenvalue weighted by Gasteiger charge is 2.27. The summed E-state index contributed by atoms with van der Waals surface area (Å²) >= 11 is 0. The quantitative estimate of drug-likeness (QED) is 0.820. The predicted octanol–water partition coefficient (Wildman–Crippen LogP) is 0.808. The first-order valence-corrected chi connectivity index (χ1v) is 5.68. The van der Waals surface area contributed by atoms with Crippen LogP contribution in [0.2, 0.25) is 0 Å². The molecule has 2 heterocycles. The summed E-state index contributed by atoms with van der Waals surface area (Å²) in [5.74, 6) is 2.29. The van der Waals surface area contributed by atoms with Crippen molar-refractivity contribution in [2.45, 2.75) is 13.3 Å². The molecule has 1 amide bonds. The van der Waals surface area contributed by atoms with Crippen molar-refractivity contribution in [3.63, 3.8) is 0 Å². The number of hydrogen-bond acceptors (Lipinski definition) is 3. The Balaban J connectivity index is 1.78. The number of carbonyl (C=O) groups is 1. The van der Waals surface area contributed by atoms with E-state index < -0.39 is 0 Å². The highest BCUT2D eigenvalue weighted by Crippen LogP contribution is 2.10. The average molecular weight is 222 g/mol. The Morgan fingerprint density at radius 3 is 2.81 bits per heavy atom. The van der Waals surface area contributed by atoms with Gasteiger partial charge in [-0.1, -0.05) is 0 Å². The van der Waals surface area contributed by atoms with Crippen molar-refractivity contribution in [2.75, 3.05) is 26.7 Å². The molecule has 0 atom stereocenters. The minimum Gasteiger partial charge on any atom is -0.466 e. The standard InChI is InChI=1S/C12H18N2O2/c1-9-3-4-11(16-9)5-6-14(2)12(15)10-7-13-8-10/h3-4,10,13H,5-8H2,1-2H3. The molecule has 4 nitrogen and oxygen atoms in total. The van der Waals surface area contributed by atoms with Crippen LogP contribution in [0.1, 0.15) is 11.5 Å². The van der Waals surface area contributed by atoms with E-state index in [-0.39, 0.29) is 11.8 Å². The van der Waals surface area contributed by atoms with Crippen molar-refractivity contribution < 1.29 is 9.21 Å². The van der Waals surface area contributed by atoms with Gasteiger partial charge in [-0.25, -0.2) is 0 Å². The summed E-state index contributed by atoms with van der Waals surface area (Å²) in [5, 5.41) is 3.11. The van der Waals surface area contributed by atoms with E-state index in [1.807, 2.05) is 26.1 Å². The van der Waals surface area contributed by atoms with Crippen molar-refractivity contribution in [1.29, 1.82) is 0 Å². The van der Waals surface area contributed by atoms with Gasteiger partial charge in [-0.2, -0.15) is 0 Å². The Morgan fingerprint density at radius 2 is 2.31 bits per heavy atom. The Bertz CT molecular complexity index is 369. The van der Waals surface area contributed by atoms with Crippen LogP contribution in [0.3, 0.4) is 0 Å². The highest BCUT2D eigenvalue weighted by atomic mass is 16.3. The molecular weight excluding hydrogens is 204 g/mol. The fourth-order valence-corrected chi connectivity index (χ4v) is 1.78. The second-order valence-corrected chi connectivity index (χ2v) is 4.38.